The highest BCUT2D eigenvalue weighted by Crippen LogP contribution is 2.17. The lowest BCUT2D eigenvalue weighted by Gasteiger charge is -2.15. The number of carbonyl (C=O) groups excluding carboxylic acids is 2. The largest absolute Gasteiger partial charge is 0.481 e. The Hall–Kier alpha value is -2.37. The molecule has 0 saturated carbocycles. The van der Waals surface area contributed by atoms with Gasteiger partial charge in [-0.05, 0) is 25.5 Å². The summed E-state index contributed by atoms with van der Waals surface area (Å²) in [5, 5.41) is 11.4. The van der Waals surface area contributed by atoms with E-state index in [0.717, 1.165) is 5.56 Å². The van der Waals surface area contributed by atoms with Crippen molar-refractivity contribution < 1.29 is 19.5 Å². The molecule has 2 rings (SSSR count). The summed E-state index contributed by atoms with van der Waals surface area (Å²) in [5.41, 5.74) is 1.60. The molecule has 2 amide bonds. The van der Waals surface area contributed by atoms with Crippen molar-refractivity contribution >= 4 is 23.5 Å². The average Bonchev–Trinajstić information content (AvgIpc) is 2.90. The van der Waals surface area contributed by atoms with Gasteiger partial charge >= 0.3 is 17.8 Å². The minimum Gasteiger partial charge on any atom is -0.481 e. The van der Waals surface area contributed by atoms with Crippen LogP contribution in [0.5, 0.6) is 0 Å². The van der Waals surface area contributed by atoms with E-state index in [2.05, 4.69) is 5.32 Å². The van der Waals surface area contributed by atoms with Crippen LogP contribution in [0.3, 0.4) is 0 Å². The molecule has 1 saturated heterocycles. The monoisotopic (exact) mass is 276 g/mol. The van der Waals surface area contributed by atoms with Crippen molar-refractivity contribution in [3.63, 3.8) is 0 Å². The molecular weight excluding hydrogens is 260 g/mol. The summed E-state index contributed by atoms with van der Waals surface area (Å²) in [6.07, 6.45) is 0.388. The number of aryl methyl sites for hydroxylation is 1. The molecule has 6 nitrogen and oxygen atoms in total. The predicted molar refractivity (Wildman–Crippen MR) is 72.1 cm³/mol. The lowest BCUT2D eigenvalue weighted by molar-refractivity contribution is -0.144. The first-order valence-corrected chi connectivity index (χ1v) is 6.37. The third-order valence-electron chi connectivity index (χ3n) is 3.33. The number of aliphatic carboxylic acids is 1. The minimum absolute atomic E-state index is 0.0927. The Morgan fingerprint density at radius 3 is 2.45 bits per heavy atom. The summed E-state index contributed by atoms with van der Waals surface area (Å²) in [6.45, 7) is 2.32. The molecule has 1 aromatic rings. The Morgan fingerprint density at radius 2 is 1.90 bits per heavy atom. The summed E-state index contributed by atoms with van der Waals surface area (Å²) < 4.78 is 0. The molecule has 0 aromatic heterocycles. The summed E-state index contributed by atoms with van der Waals surface area (Å²) in [5.74, 6) is -2.93. The SMILES string of the molecule is Cc1ccc(NC(=O)C(=O)N2CCC(C(=O)O)C2)cc1. The van der Waals surface area contributed by atoms with Crippen molar-refractivity contribution in [3.8, 4) is 0 Å². The number of nitrogens with zero attached hydrogens (tertiary/aromatic N) is 1. The molecule has 20 heavy (non-hydrogen) atoms. The van der Waals surface area contributed by atoms with Gasteiger partial charge in [-0.25, -0.2) is 0 Å². The molecule has 2 N–H and O–H groups in total. The van der Waals surface area contributed by atoms with E-state index in [9.17, 15) is 14.4 Å². The van der Waals surface area contributed by atoms with Gasteiger partial charge in [0.15, 0.2) is 0 Å². The highest BCUT2D eigenvalue weighted by atomic mass is 16.4. The third kappa shape index (κ3) is 3.14. The maximum atomic E-state index is 11.9. The summed E-state index contributed by atoms with van der Waals surface area (Å²) in [7, 11) is 0. The van der Waals surface area contributed by atoms with Crippen LogP contribution < -0.4 is 5.32 Å². The van der Waals surface area contributed by atoms with E-state index in [1.54, 1.807) is 12.1 Å². The van der Waals surface area contributed by atoms with Crippen LogP contribution in [-0.2, 0) is 14.4 Å². The molecular formula is C14H16N2O4. The molecule has 1 aliphatic heterocycles. The molecule has 0 aliphatic carbocycles. The predicted octanol–water partition coefficient (Wildman–Crippen LogP) is 0.867. The Bertz CT molecular complexity index is 539. The Balaban J connectivity index is 1.94. The molecule has 6 heteroatoms. The number of amides is 2. The van der Waals surface area contributed by atoms with Gasteiger partial charge in [0.25, 0.3) is 0 Å². The number of nitrogens with one attached hydrogen (secondary N) is 1. The zero-order valence-corrected chi connectivity index (χ0v) is 11.1. The number of hydrogen-bond acceptors (Lipinski definition) is 3. The second-order valence-electron chi connectivity index (χ2n) is 4.90. The van der Waals surface area contributed by atoms with Crippen LogP contribution in [0, 0.1) is 12.8 Å². The van der Waals surface area contributed by atoms with Crippen molar-refractivity contribution in [2.45, 2.75) is 13.3 Å². The first kappa shape index (κ1) is 14.0. The van der Waals surface area contributed by atoms with Gasteiger partial charge in [0.05, 0.1) is 5.92 Å². The van der Waals surface area contributed by atoms with Gasteiger partial charge in [-0.15, -0.1) is 0 Å². The smallest absolute Gasteiger partial charge is 0.313 e. The second-order valence-corrected chi connectivity index (χ2v) is 4.90. The highest BCUT2D eigenvalue weighted by Gasteiger charge is 2.33. The van der Waals surface area contributed by atoms with Crippen LogP contribution in [0.25, 0.3) is 0 Å². The zero-order valence-electron chi connectivity index (χ0n) is 11.1. The van der Waals surface area contributed by atoms with Crippen molar-refractivity contribution in [3.05, 3.63) is 29.8 Å². The number of likely N-dealkylation sites (tertiary alicyclic amines) is 1. The van der Waals surface area contributed by atoms with Crippen LogP contribution >= 0.6 is 0 Å². The van der Waals surface area contributed by atoms with E-state index in [1.807, 2.05) is 19.1 Å². The number of carbonyl (C=O) groups is 3. The highest BCUT2D eigenvalue weighted by molar-refractivity contribution is 6.39. The van der Waals surface area contributed by atoms with E-state index in [0.29, 0.717) is 18.7 Å². The lowest BCUT2D eigenvalue weighted by Crippen LogP contribution is -2.38. The first-order valence-electron chi connectivity index (χ1n) is 6.37. The van der Waals surface area contributed by atoms with Crippen molar-refractivity contribution in [2.24, 2.45) is 5.92 Å². The standard InChI is InChI=1S/C14H16N2O4/c1-9-2-4-11(5-3-9)15-12(17)13(18)16-7-6-10(8-16)14(19)20/h2-5,10H,6-8H2,1H3,(H,15,17)(H,19,20). The van der Waals surface area contributed by atoms with Crippen molar-refractivity contribution in [1.29, 1.82) is 0 Å². The van der Waals surface area contributed by atoms with Gasteiger partial charge in [0, 0.05) is 18.8 Å². The van der Waals surface area contributed by atoms with Crippen molar-refractivity contribution in [2.75, 3.05) is 18.4 Å². The van der Waals surface area contributed by atoms with Crippen LogP contribution in [-0.4, -0.2) is 40.9 Å². The zero-order chi connectivity index (χ0) is 14.7. The minimum atomic E-state index is -0.931. The molecule has 1 fully saturated rings. The van der Waals surface area contributed by atoms with Gasteiger partial charge in [-0.2, -0.15) is 0 Å². The number of hydrogen-bond donors (Lipinski definition) is 2. The average molecular weight is 276 g/mol. The molecule has 1 heterocycles. The fraction of sp³-hybridized carbons (Fsp3) is 0.357. The Kier molecular flexibility index (Phi) is 4.02. The van der Waals surface area contributed by atoms with Gasteiger partial charge in [0.2, 0.25) is 0 Å². The molecule has 0 radical (unpaired) electrons. The first-order chi connectivity index (χ1) is 9.47. The van der Waals surface area contributed by atoms with E-state index < -0.39 is 23.7 Å². The Labute approximate surface area is 116 Å². The maximum absolute atomic E-state index is 11.9. The number of anilines is 1. The molecule has 0 bridgehead atoms. The van der Waals surface area contributed by atoms with Crippen molar-refractivity contribution in [1.82, 2.24) is 4.90 Å². The molecule has 1 atom stereocenters. The fourth-order valence-electron chi connectivity index (χ4n) is 2.11. The summed E-state index contributed by atoms with van der Waals surface area (Å²) in [4.78, 5) is 35.8. The summed E-state index contributed by atoms with van der Waals surface area (Å²) >= 11 is 0. The van der Waals surface area contributed by atoms with Crippen LogP contribution in [0.4, 0.5) is 5.69 Å². The lowest BCUT2D eigenvalue weighted by atomic mass is 10.1. The Morgan fingerprint density at radius 1 is 1.25 bits per heavy atom. The fourth-order valence-corrected chi connectivity index (χ4v) is 2.11. The third-order valence-corrected chi connectivity index (χ3v) is 3.33. The molecule has 1 unspecified atom stereocenters. The normalized spacial score (nSPS) is 17.9. The second kappa shape index (κ2) is 5.73. The van der Waals surface area contributed by atoms with Crippen LogP contribution in [0.1, 0.15) is 12.0 Å². The van der Waals surface area contributed by atoms with E-state index in [1.165, 1.54) is 4.90 Å². The number of rotatable bonds is 2. The van der Waals surface area contributed by atoms with Gasteiger partial charge < -0.3 is 15.3 Å². The van der Waals surface area contributed by atoms with Crippen LogP contribution in [0.2, 0.25) is 0 Å². The number of carboxylic acids is 1. The molecule has 0 spiro atoms. The number of benzene rings is 1. The van der Waals surface area contributed by atoms with E-state index in [-0.39, 0.29) is 6.54 Å². The van der Waals surface area contributed by atoms with Gasteiger partial charge in [0.1, 0.15) is 0 Å². The molecule has 1 aliphatic rings. The van der Waals surface area contributed by atoms with Gasteiger partial charge in [-0.3, -0.25) is 14.4 Å². The summed E-state index contributed by atoms with van der Waals surface area (Å²) in [6, 6.07) is 7.09. The van der Waals surface area contributed by atoms with Crippen LogP contribution in [0.15, 0.2) is 24.3 Å². The molecule has 1 aromatic carbocycles. The van der Waals surface area contributed by atoms with E-state index in [4.69, 9.17) is 5.11 Å². The molecule has 106 valence electrons. The maximum Gasteiger partial charge on any atom is 0.313 e. The van der Waals surface area contributed by atoms with E-state index >= 15 is 0 Å². The topological polar surface area (TPSA) is 86.7 Å². The quantitative estimate of drug-likeness (QED) is 0.785. The van der Waals surface area contributed by atoms with Gasteiger partial charge in [-0.1, -0.05) is 17.7 Å². The number of carboxylic acid groups (broad SMARTS) is 1.